The Labute approximate surface area is 164 Å². The Kier molecular flexibility index (Phi) is 5.60. The molecule has 2 unspecified atom stereocenters. The van der Waals surface area contributed by atoms with Crippen molar-refractivity contribution in [2.75, 3.05) is 0 Å². The second kappa shape index (κ2) is 7.61. The number of Topliss-reactive ketones (excluding diaryl/α,β-unsaturated/α-hetero) is 1. The summed E-state index contributed by atoms with van der Waals surface area (Å²) in [5, 5.41) is 7.76. The monoisotopic (exact) mass is 366 g/mol. The van der Waals surface area contributed by atoms with Gasteiger partial charge in [0, 0.05) is 12.1 Å². The zero-order chi connectivity index (χ0) is 19.8. The van der Waals surface area contributed by atoms with Crippen LogP contribution < -0.4 is 0 Å². The normalized spacial score (nSPS) is 18.6. The first kappa shape index (κ1) is 19.9. The molecule has 1 aliphatic carbocycles. The lowest BCUT2D eigenvalue weighted by atomic mass is 9.77. The maximum Gasteiger partial charge on any atom is 0.167 e. The number of hydrogen-bond acceptors (Lipinski definition) is 2. The van der Waals surface area contributed by atoms with Crippen molar-refractivity contribution in [2.45, 2.75) is 79.1 Å². The highest BCUT2D eigenvalue weighted by Gasteiger charge is 2.32. The van der Waals surface area contributed by atoms with Gasteiger partial charge in [0.15, 0.2) is 5.78 Å². The van der Waals surface area contributed by atoms with Crippen molar-refractivity contribution in [3.8, 4) is 0 Å². The van der Waals surface area contributed by atoms with Crippen LogP contribution in [-0.2, 0) is 12.8 Å². The van der Waals surface area contributed by atoms with Gasteiger partial charge in [-0.15, -0.1) is 0 Å². The number of carbonyl (C=O) groups excluding carboxylic acids is 1. The van der Waals surface area contributed by atoms with Crippen LogP contribution in [0.4, 0.5) is 0 Å². The van der Waals surface area contributed by atoms with Crippen molar-refractivity contribution in [1.82, 2.24) is 10.2 Å². The van der Waals surface area contributed by atoms with Gasteiger partial charge in [0.05, 0.1) is 11.3 Å². The fourth-order valence-electron chi connectivity index (χ4n) is 4.77. The third-order valence-corrected chi connectivity index (χ3v) is 5.64. The Balaban J connectivity index is 1.82. The molecule has 2 atom stereocenters. The maximum absolute atomic E-state index is 13.0. The molecule has 0 amide bonds. The summed E-state index contributed by atoms with van der Waals surface area (Å²) in [5.74, 6) is 1.49. The van der Waals surface area contributed by atoms with Crippen LogP contribution >= 0.6 is 0 Å². The minimum atomic E-state index is 0.254. The van der Waals surface area contributed by atoms with E-state index in [0.29, 0.717) is 23.7 Å². The Morgan fingerprint density at radius 3 is 2.52 bits per heavy atom. The quantitative estimate of drug-likeness (QED) is 0.699. The largest absolute Gasteiger partial charge is 0.294 e. The number of aromatic nitrogens is 2. The first-order chi connectivity index (χ1) is 12.7. The number of hydrogen-bond donors (Lipinski definition) is 1. The third-order valence-electron chi connectivity index (χ3n) is 5.64. The summed E-state index contributed by atoms with van der Waals surface area (Å²) < 4.78 is 0. The van der Waals surface area contributed by atoms with E-state index in [1.165, 1.54) is 11.1 Å². The zero-order valence-electron chi connectivity index (χ0n) is 17.7. The summed E-state index contributed by atoms with van der Waals surface area (Å²) in [6.45, 7) is 13.5. The van der Waals surface area contributed by atoms with E-state index in [4.69, 9.17) is 0 Å². The molecule has 3 heteroatoms. The van der Waals surface area contributed by atoms with Crippen LogP contribution in [0.3, 0.4) is 0 Å². The average Bonchev–Trinajstić information content (AvgIpc) is 2.96. The standard InChI is InChI=1S/C24H34N2O/c1-15(2)18-9-7-8-10-19(18)17-12-21-23(22(27)13-17)20(25-26-21)11-16(3)14-24(4,5)6/h7-10,15-17H,11-14H2,1-6H3,(H,25,26). The molecule has 0 radical (unpaired) electrons. The average molecular weight is 367 g/mol. The van der Waals surface area contributed by atoms with Crippen molar-refractivity contribution >= 4 is 5.78 Å². The van der Waals surface area contributed by atoms with Crippen LogP contribution in [-0.4, -0.2) is 16.0 Å². The molecule has 0 aliphatic heterocycles. The van der Waals surface area contributed by atoms with E-state index in [9.17, 15) is 4.79 Å². The Morgan fingerprint density at radius 2 is 1.85 bits per heavy atom. The van der Waals surface area contributed by atoms with Gasteiger partial charge >= 0.3 is 0 Å². The molecule has 1 aromatic carbocycles. The molecule has 0 saturated heterocycles. The van der Waals surface area contributed by atoms with Gasteiger partial charge in [-0.25, -0.2) is 0 Å². The lowest BCUT2D eigenvalue weighted by molar-refractivity contribution is 0.0962. The van der Waals surface area contributed by atoms with Crippen LogP contribution in [0.15, 0.2) is 24.3 Å². The summed E-state index contributed by atoms with van der Waals surface area (Å²) >= 11 is 0. The van der Waals surface area contributed by atoms with E-state index >= 15 is 0 Å². The van der Waals surface area contributed by atoms with Gasteiger partial charge in [-0.05, 0) is 53.6 Å². The van der Waals surface area contributed by atoms with Crippen LogP contribution in [0.2, 0.25) is 0 Å². The first-order valence-electron chi connectivity index (χ1n) is 10.3. The van der Waals surface area contributed by atoms with Gasteiger partial charge in [0.2, 0.25) is 0 Å². The third kappa shape index (κ3) is 4.51. The lowest BCUT2D eigenvalue weighted by Gasteiger charge is -2.26. The van der Waals surface area contributed by atoms with Crippen molar-refractivity contribution in [3.05, 3.63) is 52.3 Å². The van der Waals surface area contributed by atoms with Gasteiger partial charge in [0.25, 0.3) is 0 Å². The number of H-pyrrole nitrogens is 1. The van der Waals surface area contributed by atoms with Crippen LogP contribution in [0.25, 0.3) is 0 Å². The Morgan fingerprint density at radius 1 is 1.15 bits per heavy atom. The predicted molar refractivity (Wildman–Crippen MR) is 111 cm³/mol. The number of nitrogens with zero attached hydrogens (tertiary/aromatic N) is 1. The summed E-state index contributed by atoms with van der Waals surface area (Å²) in [6, 6.07) is 8.58. The highest BCUT2D eigenvalue weighted by molar-refractivity contribution is 5.99. The molecular formula is C24H34N2O. The smallest absolute Gasteiger partial charge is 0.167 e. The SMILES string of the molecule is CC(Cc1n[nH]c2c1C(=O)CC(c1ccccc1C(C)C)C2)CC(C)(C)C. The molecule has 1 N–H and O–H groups in total. The zero-order valence-corrected chi connectivity index (χ0v) is 17.7. The Bertz CT molecular complexity index is 810. The van der Waals surface area contributed by atoms with E-state index in [-0.39, 0.29) is 11.7 Å². The van der Waals surface area contributed by atoms with Gasteiger partial charge < -0.3 is 0 Å². The summed E-state index contributed by atoms with van der Waals surface area (Å²) in [6.07, 6.45) is 3.48. The minimum absolute atomic E-state index is 0.254. The molecule has 0 bridgehead atoms. The van der Waals surface area contributed by atoms with Crippen LogP contribution in [0, 0.1) is 11.3 Å². The van der Waals surface area contributed by atoms with Crippen LogP contribution in [0.5, 0.6) is 0 Å². The number of aromatic amines is 1. The number of ketones is 1. The summed E-state index contributed by atoms with van der Waals surface area (Å²) in [5.41, 5.74) is 5.87. The number of fused-ring (bicyclic) bond motifs is 1. The maximum atomic E-state index is 13.0. The van der Waals surface area contributed by atoms with E-state index in [2.05, 4.69) is 76.0 Å². The minimum Gasteiger partial charge on any atom is -0.294 e. The second-order valence-corrected chi connectivity index (χ2v) is 9.91. The molecule has 3 nitrogen and oxygen atoms in total. The van der Waals surface area contributed by atoms with Crippen molar-refractivity contribution in [1.29, 1.82) is 0 Å². The van der Waals surface area contributed by atoms with Crippen molar-refractivity contribution in [3.63, 3.8) is 0 Å². The summed E-state index contributed by atoms with van der Waals surface area (Å²) in [7, 11) is 0. The van der Waals surface area contributed by atoms with Gasteiger partial charge in [-0.2, -0.15) is 5.10 Å². The molecule has 0 fully saturated rings. The van der Waals surface area contributed by atoms with Crippen molar-refractivity contribution < 1.29 is 4.79 Å². The number of carbonyl (C=O) groups is 1. The molecule has 1 aromatic heterocycles. The molecule has 0 spiro atoms. The van der Waals surface area contributed by atoms with Gasteiger partial charge in [-0.3, -0.25) is 9.89 Å². The molecule has 3 rings (SSSR count). The fraction of sp³-hybridized carbons (Fsp3) is 0.583. The molecule has 1 heterocycles. The highest BCUT2D eigenvalue weighted by atomic mass is 16.1. The van der Waals surface area contributed by atoms with Gasteiger partial charge in [-0.1, -0.05) is 65.8 Å². The molecule has 0 saturated carbocycles. The molecular weight excluding hydrogens is 332 g/mol. The highest BCUT2D eigenvalue weighted by Crippen LogP contribution is 2.37. The van der Waals surface area contributed by atoms with Crippen molar-refractivity contribution in [2.24, 2.45) is 11.3 Å². The molecule has 1 aliphatic rings. The van der Waals surface area contributed by atoms with E-state index in [0.717, 1.165) is 36.2 Å². The number of nitrogens with one attached hydrogen (secondary N) is 1. The van der Waals surface area contributed by atoms with E-state index in [1.807, 2.05) is 0 Å². The predicted octanol–water partition coefficient (Wildman–Crippen LogP) is 6.06. The van der Waals surface area contributed by atoms with Crippen LogP contribution in [0.1, 0.15) is 99.1 Å². The number of rotatable bonds is 5. The van der Waals surface area contributed by atoms with E-state index < -0.39 is 0 Å². The fourth-order valence-corrected chi connectivity index (χ4v) is 4.77. The topological polar surface area (TPSA) is 45.8 Å². The molecule has 27 heavy (non-hydrogen) atoms. The second-order valence-electron chi connectivity index (χ2n) is 9.91. The first-order valence-corrected chi connectivity index (χ1v) is 10.3. The number of benzene rings is 1. The molecule has 146 valence electrons. The summed E-state index contributed by atoms with van der Waals surface area (Å²) in [4.78, 5) is 13.0. The Hall–Kier alpha value is -1.90. The van der Waals surface area contributed by atoms with Gasteiger partial charge in [0.1, 0.15) is 0 Å². The lowest BCUT2D eigenvalue weighted by Crippen LogP contribution is -2.21. The van der Waals surface area contributed by atoms with E-state index in [1.54, 1.807) is 0 Å². The molecule has 2 aromatic rings.